The van der Waals surface area contributed by atoms with Crippen molar-refractivity contribution < 1.29 is 14.3 Å². The van der Waals surface area contributed by atoms with E-state index in [1.807, 2.05) is 0 Å². The van der Waals surface area contributed by atoms with Crippen molar-refractivity contribution in [2.45, 2.75) is 25.4 Å². The molecule has 0 heterocycles. The molecule has 5 N–H and O–H groups in total. The summed E-state index contributed by atoms with van der Waals surface area (Å²) in [6, 6.07) is -1.47. The van der Waals surface area contributed by atoms with Crippen molar-refractivity contribution in [2.24, 2.45) is 5.73 Å². The number of halogens is 1. The minimum atomic E-state index is -1.22. The van der Waals surface area contributed by atoms with Crippen LogP contribution in [0.4, 0.5) is 4.39 Å². The molecular formula is C9H16FN3O2. The maximum atomic E-state index is 13.1. The van der Waals surface area contributed by atoms with Crippen LogP contribution in [0.1, 0.15) is 13.3 Å². The molecule has 86 valence electrons. The molecule has 0 aliphatic rings. The molecule has 1 unspecified atom stereocenters. The Bertz CT molecular complexity index is 256. The molecule has 0 spiro atoms. The van der Waals surface area contributed by atoms with Crippen LogP contribution in [-0.2, 0) is 4.79 Å². The fourth-order valence-corrected chi connectivity index (χ4v) is 0.940. The van der Waals surface area contributed by atoms with Crippen LogP contribution in [0.25, 0.3) is 0 Å². The quantitative estimate of drug-likeness (QED) is 0.460. The van der Waals surface area contributed by atoms with Crippen molar-refractivity contribution in [3.63, 3.8) is 0 Å². The second kappa shape index (κ2) is 7.08. The average molecular weight is 217 g/mol. The minimum Gasteiger partial charge on any atom is -0.480 e. The number of rotatable bonds is 7. The summed E-state index contributed by atoms with van der Waals surface area (Å²) in [6.45, 7) is 2.05. The smallest absolute Gasteiger partial charge is 0.320 e. The van der Waals surface area contributed by atoms with Gasteiger partial charge in [0.15, 0.2) is 0 Å². The second-order valence-electron chi connectivity index (χ2n) is 3.16. The lowest BCUT2D eigenvalue weighted by molar-refractivity contribution is -0.138. The SMILES string of the molecule is CC(/C=C(/F)C[C@H](N)C(=O)O)NCC=N. The Balaban J connectivity index is 4.06. The number of aliphatic carboxylic acids is 1. The van der Waals surface area contributed by atoms with Crippen LogP contribution >= 0.6 is 0 Å². The molecule has 0 saturated heterocycles. The standard InChI is InChI=1S/C9H16FN3O2/c1-6(13-3-2-11)4-7(10)5-8(12)9(14)15/h2,4,6,8,11,13H,3,5,12H2,1H3,(H,14,15)/b7-4+,11-2?/t6?,8-/m0/s1. The number of carboxylic acid groups (broad SMARTS) is 1. The fourth-order valence-electron chi connectivity index (χ4n) is 0.940. The largest absolute Gasteiger partial charge is 0.480 e. The van der Waals surface area contributed by atoms with Gasteiger partial charge in [-0.1, -0.05) is 0 Å². The van der Waals surface area contributed by atoms with Gasteiger partial charge in [-0.2, -0.15) is 0 Å². The predicted octanol–water partition coefficient (Wildman–Crippen LogP) is 0.269. The Morgan fingerprint density at radius 1 is 1.73 bits per heavy atom. The molecule has 15 heavy (non-hydrogen) atoms. The third-order valence-electron chi connectivity index (χ3n) is 1.70. The highest BCUT2D eigenvalue weighted by atomic mass is 19.1. The molecule has 5 nitrogen and oxygen atoms in total. The zero-order chi connectivity index (χ0) is 11.8. The maximum Gasteiger partial charge on any atom is 0.320 e. The molecule has 0 rings (SSSR count). The zero-order valence-corrected chi connectivity index (χ0v) is 8.53. The molecule has 0 aromatic heterocycles. The first-order valence-corrected chi connectivity index (χ1v) is 4.54. The van der Waals surface area contributed by atoms with Crippen molar-refractivity contribution in [2.75, 3.05) is 6.54 Å². The summed E-state index contributed by atoms with van der Waals surface area (Å²) in [7, 11) is 0. The molecule has 2 atom stereocenters. The first kappa shape index (κ1) is 13.7. The number of hydrogen-bond acceptors (Lipinski definition) is 4. The van der Waals surface area contributed by atoms with E-state index in [0.29, 0.717) is 6.54 Å². The van der Waals surface area contributed by atoms with Crippen molar-refractivity contribution in [3.05, 3.63) is 11.9 Å². The molecular weight excluding hydrogens is 201 g/mol. The molecule has 0 aliphatic carbocycles. The van der Waals surface area contributed by atoms with E-state index in [1.165, 1.54) is 6.08 Å². The Hall–Kier alpha value is -1.27. The summed E-state index contributed by atoms with van der Waals surface area (Å²) in [6.07, 6.45) is 2.10. The van der Waals surface area contributed by atoms with Gasteiger partial charge in [0.1, 0.15) is 6.04 Å². The van der Waals surface area contributed by atoms with Gasteiger partial charge in [-0.3, -0.25) is 4.79 Å². The van der Waals surface area contributed by atoms with E-state index in [0.717, 1.165) is 6.21 Å². The van der Waals surface area contributed by atoms with Crippen LogP contribution in [0, 0.1) is 5.41 Å². The summed E-state index contributed by atoms with van der Waals surface area (Å²) in [5, 5.41) is 18.0. The molecule has 0 radical (unpaired) electrons. The highest BCUT2D eigenvalue weighted by molar-refractivity contribution is 5.73. The lowest BCUT2D eigenvalue weighted by Gasteiger charge is -2.08. The van der Waals surface area contributed by atoms with Crippen LogP contribution in [0.2, 0.25) is 0 Å². The van der Waals surface area contributed by atoms with Crippen LogP contribution in [0.15, 0.2) is 11.9 Å². The van der Waals surface area contributed by atoms with E-state index in [1.54, 1.807) is 6.92 Å². The molecule has 0 fully saturated rings. The first-order valence-electron chi connectivity index (χ1n) is 4.54. The van der Waals surface area contributed by atoms with E-state index in [4.69, 9.17) is 16.2 Å². The van der Waals surface area contributed by atoms with E-state index in [9.17, 15) is 9.18 Å². The molecule has 0 amide bonds. The van der Waals surface area contributed by atoms with Crippen molar-refractivity contribution >= 4 is 12.2 Å². The van der Waals surface area contributed by atoms with Gasteiger partial charge in [0.05, 0.1) is 5.83 Å². The number of nitrogens with one attached hydrogen (secondary N) is 2. The molecule has 6 heteroatoms. The monoisotopic (exact) mass is 217 g/mol. The highest BCUT2D eigenvalue weighted by Crippen LogP contribution is 2.07. The summed E-state index contributed by atoms with van der Waals surface area (Å²) < 4.78 is 13.1. The van der Waals surface area contributed by atoms with E-state index in [-0.39, 0.29) is 12.5 Å². The van der Waals surface area contributed by atoms with Gasteiger partial charge in [-0.05, 0) is 13.0 Å². The summed E-state index contributed by atoms with van der Waals surface area (Å²) in [5.41, 5.74) is 5.16. The number of carbonyl (C=O) groups is 1. The molecule has 0 aromatic rings. The number of nitrogens with two attached hydrogens (primary N) is 1. The topological polar surface area (TPSA) is 99.2 Å². The van der Waals surface area contributed by atoms with E-state index >= 15 is 0 Å². The Morgan fingerprint density at radius 2 is 2.33 bits per heavy atom. The first-order chi connectivity index (χ1) is 6.97. The van der Waals surface area contributed by atoms with Crippen LogP contribution in [0.5, 0.6) is 0 Å². The van der Waals surface area contributed by atoms with Gasteiger partial charge >= 0.3 is 5.97 Å². The zero-order valence-electron chi connectivity index (χ0n) is 8.53. The third-order valence-corrected chi connectivity index (χ3v) is 1.70. The average Bonchev–Trinajstić information content (AvgIpc) is 2.14. The summed E-state index contributed by atoms with van der Waals surface area (Å²) >= 11 is 0. The maximum absolute atomic E-state index is 13.1. The van der Waals surface area contributed by atoms with Gasteiger partial charge in [0.2, 0.25) is 0 Å². The predicted molar refractivity (Wildman–Crippen MR) is 55.7 cm³/mol. The normalized spacial score (nSPS) is 15.8. The van der Waals surface area contributed by atoms with Crippen LogP contribution in [-0.4, -0.2) is 35.9 Å². The molecule has 0 aromatic carbocycles. The second-order valence-corrected chi connectivity index (χ2v) is 3.16. The van der Waals surface area contributed by atoms with Crippen molar-refractivity contribution in [1.82, 2.24) is 5.32 Å². The van der Waals surface area contributed by atoms with Gasteiger partial charge in [-0.25, -0.2) is 4.39 Å². The highest BCUT2D eigenvalue weighted by Gasteiger charge is 2.14. The number of hydrogen-bond donors (Lipinski definition) is 4. The Morgan fingerprint density at radius 3 is 2.80 bits per heavy atom. The Labute approximate surface area is 87.7 Å². The molecule has 0 bridgehead atoms. The van der Waals surface area contributed by atoms with E-state index < -0.39 is 17.8 Å². The van der Waals surface area contributed by atoms with Gasteiger partial charge in [0, 0.05) is 25.2 Å². The van der Waals surface area contributed by atoms with Gasteiger partial charge in [0.25, 0.3) is 0 Å². The molecule has 0 aliphatic heterocycles. The van der Waals surface area contributed by atoms with Crippen LogP contribution < -0.4 is 11.1 Å². The Kier molecular flexibility index (Phi) is 6.48. The minimum absolute atomic E-state index is 0.257. The van der Waals surface area contributed by atoms with Crippen molar-refractivity contribution in [1.29, 1.82) is 5.41 Å². The van der Waals surface area contributed by atoms with Crippen LogP contribution in [0.3, 0.4) is 0 Å². The number of carboxylic acids is 1. The van der Waals surface area contributed by atoms with Gasteiger partial charge in [-0.15, -0.1) is 0 Å². The molecule has 0 saturated carbocycles. The summed E-state index contributed by atoms with van der Waals surface area (Å²) in [5.74, 6) is -1.78. The fraction of sp³-hybridized carbons (Fsp3) is 0.556. The lowest BCUT2D eigenvalue weighted by Crippen LogP contribution is -2.31. The lowest BCUT2D eigenvalue weighted by atomic mass is 10.1. The van der Waals surface area contributed by atoms with Crippen molar-refractivity contribution in [3.8, 4) is 0 Å². The summed E-state index contributed by atoms with van der Waals surface area (Å²) in [4.78, 5) is 10.3. The van der Waals surface area contributed by atoms with Gasteiger partial charge < -0.3 is 21.6 Å². The third kappa shape index (κ3) is 6.75. The van der Waals surface area contributed by atoms with E-state index in [2.05, 4.69) is 5.32 Å².